The van der Waals surface area contributed by atoms with Crippen LogP contribution in [-0.4, -0.2) is 45.2 Å². The molecule has 3 rings (SSSR count). The lowest BCUT2D eigenvalue weighted by atomic mass is 10.2. The molecule has 0 fully saturated rings. The number of hydroxylamine groups is 1. The molecule has 1 aromatic heterocycles. The number of nitrogens with zero attached hydrogens (tertiary/aromatic N) is 3. The normalized spacial score (nSPS) is 11.7. The van der Waals surface area contributed by atoms with Gasteiger partial charge in [-0.25, -0.2) is 8.42 Å². The molecule has 0 unspecified atom stereocenters. The number of aryl methyl sites for hydroxylation is 1. The fourth-order valence-corrected chi connectivity index (χ4v) is 6.53. The molecule has 12 nitrogen and oxygen atoms in total. The number of nitrogens with one attached hydrogen (secondary N) is 1. The summed E-state index contributed by atoms with van der Waals surface area (Å²) in [5, 5.41) is 3.62. The van der Waals surface area contributed by atoms with E-state index in [9.17, 15) is 16.8 Å². The Balaban J connectivity index is 0.00000420. The van der Waals surface area contributed by atoms with Gasteiger partial charge < -0.3 is 19.6 Å². The van der Waals surface area contributed by atoms with E-state index in [-0.39, 0.29) is 55.4 Å². The van der Waals surface area contributed by atoms with Crippen molar-refractivity contribution >= 4 is 50.9 Å². The van der Waals surface area contributed by atoms with Gasteiger partial charge in [0.05, 0.1) is 0 Å². The fraction of sp³-hybridized carbons (Fsp3) is 0.280. The van der Waals surface area contributed by atoms with Crippen molar-refractivity contribution in [3.8, 4) is 11.5 Å². The maximum Gasteiger partial charge on any atom is 0.340 e. The molecule has 0 radical (unpaired) electrons. The highest BCUT2D eigenvalue weighted by Gasteiger charge is 2.32. The monoisotopic (exact) mass is 649 g/mol. The van der Waals surface area contributed by atoms with Gasteiger partial charge in [-0.2, -0.15) is 18.2 Å². The van der Waals surface area contributed by atoms with Crippen molar-refractivity contribution in [1.82, 2.24) is 14.8 Å². The summed E-state index contributed by atoms with van der Waals surface area (Å²) < 4.78 is 60.4. The number of nitrogens with two attached hydrogens (primary N) is 1. The molecule has 226 valence electrons. The predicted octanol–water partition coefficient (Wildman–Crippen LogP) is 3.75. The average molecular weight is 651 g/mol. The van der Waals surface area contributed by atoms with Gasteiger partial charge in [0.25, 0.3) is 5.96 Å². The van der Waals surface area contributed by atoms with Crippen LogP contribution in [0, 0.1) is 6.92 Å². The molecule has 3 aromatic rings. The Hall–Kier alpha value is -3.30. The molecule has 0 atom stereocenters. The van der Waals surface area contributed by atoms with Gasteiger partial charge in [0.2, 0.25) is 10.0 Å². The third-order valence-corrected chi connectivity index (χ3v) is 8.57. The van der Waals surface area contributed by atoms with Crippen LogP contribution in [0.5, 0.6) is 11.5 Å². The molecular weight excluding hydrogens is 617 g/mol. The number of benzene rings is 2. The number of sulfonamides is 1. The summed E-state index contributed by atoms with van der Waals surface area (Å²) in [6, 6.07) is 13.0. The molecule has 0 aliphatic rings. The minimum Gasteiger partial charge on any atom is -0.393 e. The summed E-state index contributed by atoms with van der Waals surface area (Å²) in [6.45, 7) is 5.81. The maximum absolute atomic E-state index is 13.6. The van der Waals surface area contributed by atoms with E-state index in [2.05, 4.69) is 15.6 Å². The fourth-order valence-electron chi connectivity index (χ4n) is 3.40. The number of aromatic nitrogens is 1. The quantitative estimate of drug-likeness (QED) is 0.0916. The van der Waals surface area contributed by atoms with Crippen molar-refractivity contribution in [2.24, 2.45) is 10.9 Å². The van der Waals surface area contributed by atoms with Gasteiger partial charge in [-0.15, -0.1) is 24.8 Å². The summed E-state index contributed by atoms with van der Waals surface area (Å²) >= 11 is 0. The predicted molar refractivity (Wildman–Crippen MR) is 159 cm³/mol. The first-order valence-electron chi connectivity index (χ1n) is 12.0. The standard InChI is InChI=1S/C25H31N5O7S2.2ClH/c1-4-14-35-28-25(26)29-36-21-15-19(3)16-22(17-21)37-39(33,34)24-9-7-6-8-23(24)38(31,32)30(5-2)18-20-10-12-27-13-11-20;;/h6-13,15-17H,4-5,14,18H2,1-3H3,(H3,26,28,29);2*1H. The highest BCUT2D eigenvalue weighted by molar-refractivity contribution is 7.91. The van der Waals surface area contributed by atoms with Crippen LogP contribution in [0.3, 0.4) is 0 Å². The molecule has 0 saturated carbocycles. The number of pyridine rings is 1. The smallest absolute Gasteiger partial charge is 0.340 e. The first-order valence-corrected chi connectivity index (χ1v) is 14.8. The average Bonchev–Trinajstić information content (AvgIpc) is 2.90. The highest BCUT2D eigenvalue weighted by atomic mass is 35.5. The van der Waals surface area contributed by atoms with Crippen LogP contribution in [0.1, 0.15) is 31.4 Å². The Labute approximate surface area is 252 Å². The Morgan fingerprint density at radius 2 is 1.61 bits per heavy atom. The first-order chi connectivity index (χ1) is 18.6. The zero-order chi connectivity index (χ0) is 28.5. The van der Waals surface area contributed by atoms with E-state index in [1.807, 2.05) is 6.92 Å². The van der Waals surface area contributed by atoms with Gasteiger partial charge in [-0.1, -0.05) is 26.0 Å². The van der Waals surface area contributed by atoms with Crippen molar-refractivity contribution in [3.63, 3.8) is 0 Å². The Morgan fingerprint density at radius 3 is 2.24 bits per heavy atom. The van der Waals surface area contributed by atoms with E-state index in [0.717, 1.165) is 6.42 Å². The van der Waals surface area contributed by atoms with Crippen LogP contribution < -0.4 is 20.2 Å². The van der Waals surface area contributed by atoms with Crippen molar-refractivity contribution in [2.75, 3.05) is 13.2 Å². The van der Waals surface area contributed by atoms with Crippen LogP contribution in [0.25, 0.3) is 0 Å². The summed E-state index contributed by atoms with van der Waals surface area (Å²) in [5.74, 6) is -0.0726. The van der Waals surface area contributed by atoms with Gasteiger partial charge in [0.15, 0.2) is 5.75 Å². The molecule has 0 amide bonds. The Morgan fingerprint density at radius 1 is 0.976 bits per heavy atom. The van der Waals surface area contributed by atoms with Crippen molar-refractivity contribution in [2.45, 2.75) is 43.5 Å². The number of guanidine groups is 1. The number of halogens is 2. The molecule has 0 spiro atoms. The number of rotatable bonds is 13. The first kappa shape index (κ1) is 35.7. The molecular formula is C25H33Cl2N5O7S2. The molecule has 2 aromatic carbocycles. The lowest BCUT2D eigenvalue weighted by Crippen LogP contribution is -2.34. The van der Waals surface area contributed by atoms with Crippen LogP contribution >= 0.6 is 24.8 Å². The lowest BCUT2D eigenvalue weighted by Gasteiger charge is -2.22. The number of hydrogen-bond donors (Lipinski definition) is 2. The van der Waals surface area contributed by atoms with E-state index < -0.39 is 29.9 Å². The summed E-state index contributed by atoms with van der Waals surface area (Å²) in [4.78, 5) is 13.3. The van der Waals surface area contributed by atoms with Gasteiger partial charge in [-0.3, -0.25) is 4.98 Å². The summed E-state index contributed by atoms with van der Waals surface area (Å²) in [5.41, 5.74) is 9.35. The van der Waals surface area contributed by atoms with E-state index in [1.54, 1.807) is 44.4 Å². The SMILES string of the molecule is CCCON=C(N)NOc1cc(C)cc(OS(=O)(=O)c2ccccc2S(=O)(=O)N(CC)Cc2ccncc2)c1.Cl.Cl. The summed E-state index contributed by atoms with van der Waals surface area (Å²) in [6.07, 6.45) is 3.86. The van der Waals surface area contributed by atoms with Gasteiger partial charge >= 0.3 is 10.1 Å². The molecule has 16 heteroatoms. The van der Waals surface area contributed by atoms with Crippen molar-refractivity contribution < 1.29 is 30.7 Å². The largest absolute Gasteiger partial charge is 0.393 e. The molecule has 0 aliphatic heterocycles. The lowest BCUT2D eigenvalue weighted by molar-refractivity contribution is 0.138. The third-order valence-electron chi connectivity index (χ3n) is 5.16. The zero-order valence-corrected chi connectivity index (χ0v) is 25.9. The van der Waals surface area contributed by atoms with E-state index >= 15 is 0 Å². The van der Waals surface area contributed by atoms with Crippen LogP contribution in [0.15, 0.2) is 81.9 Å². The second kappa shape index (κ2) is 16.2. The van der Waals surface area contributed by atoms with Crippen molar-refractivity contribution in [1.29, 1.82) is 0 Å². The molecule has 0 bridgehead atoms. The van der Waals surface area contributed by atoms with Crippen LogP contribution in [0.2, 0.25) is 0 Å². The Kier molecular flexibility index (Phi) is 14.1. The van der Waals surface area contributed by atoms with E-state index in [1.165, 1.54) is 40.7 Å². The zero-order valence-electron chi connectivity index (χ0n) is 22.6. The summed E-state index contributed by atoms with van der Waals surface area (Å²) in [7, 11) is -8.80. The van der Waals surface area contributed by atoms with Crippen LogP contribution in [-0.2, 0) is 31.5 Å². The molecule has 0 saturated heterocycles. The van der Waals surface area contributed by atoms with Gasteiger partial charge in [0, 0.05) is 31.5 Å². The molecule has 1 heterocycles. The minimum atomic E-state index is -4.58. The minimum absolute atomic E-state index is 0. The Bertz CT molecular complexity index is 1510. The van der Waals surface area contributed by atoms with E-state index in [0.29, 0.717) is 17.7 Å². The topological polar surface area (TPSA) is 163 Å². The third kappa shape index (κ3) is 9.93. The molecule has 41 heavy (non-hydrogen) atoms. The van der Waals surface area contributed by atoms with Crippen LogP contribution in [0.4, 0.5) is 0 Å². The molecule has 0 aliphatic carbocycles. The number of hydrogen-bond acceptors (Lipinski definition) is 9. The second-order valence-corrected chi connectivity index (χ2v) is 11.7. The molecule has 3 N–H and O–H groups in total. The van der Waals surface area contributed by atoms with Crippen molar-refractivity contribution in [3.05, 3.63) is 78.1 Å². The van der Waals surface area contributed by atoms with Gasteiger partial charge in [-0.05, 0) is 66.0 Å². The van der Waals surface area contributed by atoms with E-state index in [4.69, 9.17) is 19.6 Å². The maximum atomic E-state index is 13.6. The van der Waals surface area contributed by atoms with Gasteiger partial charge in [0.1, 0.15) is 22.1 Å². The highest BCUT2D eigenvalue weighted by Crippen LogP contribution is 2.30. The number of oxime groups is 1. The second-order valence-electron chi connectivity index (χ2n) is 8.27.